The summed E-state index contributed by atoms with van der Waals surface area (Å²) < 4.78 is 15.5. The van der Waals surface area contributed by atoms with Crippen molar-refractivity contribution in [3.8, 4) is 5.69 Å². The third-order valence-corrected chi connectivity index (χ3v) is 4.85. The second-order valence-electron chi connectivity index (χ2n) is 6.86. The summed E-state index contributed by atoms with van der Waals surface area (Å²) in [6.07, 6.45) is 0. The highest BCUT2D eigenvalue weighted by molar-refractivity contribution is 5.92. The number of amides is 1. The van der Waals surface area contributed by atoms with Gasteiger partial charge < -0.3 is 4.90 Å². The van der Waals surface area contributed by atoms with E-state index in [-0.39, 0.29) is 17.4 Å². The fourth-order valence-corrected chi connectivity index (χ4v) is 2.97. The molecule has 144 valence electrons. The zero-order valence-corrected chi connectivity index (χ0v) is 16.3. The van der Waals surface area contributed by atoms with Gasteiger partial charge in [0.05, 0.1) is 6.04 Å². The van der Waals surface area contributed by atoms with E-state index >= 15 is 0 Å². The van der Waals surface area contributed by atoms with Crippen LogP contribution in [0.25, 0.3) is 5.69 Å². The molecule has 28 heavy (non-hydrogen) atoms. The number of rotatable bonds is 4. The Kier molecular flexibility index (Phi) is 5.40. The number of hydrogen-bond acceptors (Lipinski definition) is 3. The molecule has 1 amide bonds. The number of halogens is 1. The van der Waals surface area contributed by atoms with Gasteiger partial charge in [-0.15, -0.1) is 0 Å². The standard InChI is InChI=1S/C22H22FN3O2/c1-14-9-11-17(12-10-14)16(3)25(4)22(28)21-20(27)13-15(2)26(24-21)19-8-6-5-7-18(19)23/h5-13,16H,1-4H3. The predicted molar refractivity (Wildman–Crippen MR) is 106 cm³/mol. The molecule has 1 aromatic heterocycles. The van der Waals surface area contributed by atoms with Crippen molar-refractivity contribution in [3.63, 3.8) is 0 Å². The molecule has 0 aliphatic carbocycles. The molecule has 0 spiro atoms. The van der Waals surface area contributed by atoms with Gasteiger partial charge in [0.25, 0.3) is 5.91 Å². The Morgan fingerprint density at radius 2 is 1.75 bits per heavy atom. The third-order valence-electron chi connectivity index (χ3n) is 4.85. The lowest BCUT2D eigenvalue weighted by molar-refractivity contribution is 0.0733. The van der Waals surface area contributed by atoms with Crippen molar-refractivity contribution in [1.82, 2.24) is 14.7 Å². The molecule has 1 heterocycles. The van der Waals surface area contributed by atoms with Crippen LogP contribution in [0.15, 0.2) is 59.4 Å². The van der Waals surface area contributed by atoms with Crippen LogP contribution in [0.3, 0.4) is 0 Å². The van der Waals surface area contributed by atoms with E-state index in [4.69, 9.17) is 0 Å². The van der Waals surface area contributed by atoms with Gasteiger partial charge in [0.15, 0.2) is 5.69 Å². The van der Waals surface area contributed by atoms with E-state index in [2.05, 4.69) is 5.10 Å². The highest BCUT2D eigenvalue weighted by atomic mass is 19.1. The van der Waals surface area contributed by atoms with Crippen LogP contribution in [0.1, 0.15) is 40.3 Å². The molecule has 2 aromatic carbocycles. The first-order valence-electron chi connectivity index (χ1n) is 8.99. The second kappa shape index (κ2) is 7.76. The Morgan fingerprint density at radius 1 is 1.11 bits per heavy atom. The van der Waals surface area contributed by atoms with Gasteiger partial charge in [-0.05, 0) is 38.5 Å². The molecule has 1 atom stereocenters. The lowest BCUT2D eigenvalue weighted by Crippen LogP contribution is -2.35. The van der Waals surface area contributed by atoms with E-state index in [0.717, 1.165) is 11.1 Å². The molecule has 3 aromatic rings. The minimum Gasteiger partial charge on any atom is -0.333 e. The van der Waals surface area contributed by atoms with Crippen LogP contribution in [0.4, 0.5) is 4.39 Å². The number of para-hydroxylation sites is 1. The SMILES string of the molecule is Cc1ccc(C(C)N(C)C(=O)c2nn(-c3ccccc3F)c(C)cc2=O)cc1. The van der Waals surface area contributed by atoms with Crippen molar-refractivity contribution in [2.24, 2.45) is 0 Å². The van der Waals surface area contributed by atoms with Crippen molar-refractivity contribution < 1.29 is 9.18 Å². The molecule has 0 fully saturated rings. The number of carbonyl (C=O) groups is 1. The van der Waals surface area contributed by atoms with Crippen LogP contribution in [0, 0.1) is 19.7 Å². The monoisotopic (exact) mass is 379 g/mol. The summed E-state index contributed by atoms with van der Waals surface area (Å²) in [5.74, 6) is -0.996. The highest BCUT2D eigenvalue weighted by Crippen LogP contribution is 2.20. The average molecular weight is 379 g/mol. The largest absolute Gasteiger partial charge is 0.333 e. The van der Waals surface area contributed by atoms with Gasteiger partial charge in [-0.3, -0.25) is 9.59 Å². The minimum absolute atomic E-state index is 0.184. The van der Waals surface area contributed by atoms with Gasteiger partial charge in [0, 0.05) is 18.8 Å². The van der Waals surface area contributed by atoms with E-state index in [1.54, 1.807) is 32.2 Å². The zero-order valence-electron chi connectivity index (χ0n) is 16.3. The molecule has 5 nitrogen and oxygen atoms in total. The zero-order chi connectivity index (χ0) is 20.4. The van der Waals surface area contributed by atoms with E-state index in [0.29, 0.717) is 5.69 Å². The molecule has 0 aliphatic rings. The first kappa shape index (κ1) is 19.5. The smallest absolute Gasteiger partial charge is 0.278 e. The Balaban J connectivity index is 1.99. The number of benzene rings is 2. The number of aryl methyl sites for hydroxylation is 2. The van der Waals surface area contributed by atoms with Gasteiger partial charge in [-0.2, -0.15) is 5.10 Å². The van der Waals surface area contributed by atoms with Gasteiger partial charge in [-0.25, -0.2) is 9.07 Å². The van der Waals surface area contributed by atoms with Crippen LogP contribution in [0.5, 0.6) is 0 Å². The summed E-state index contributed by atoms with van der Waals surface area (Å²) in [6.45, 7) is 5.52. The number of hydrogen-bond donors (Lipinski definition) is 0. The highest BCUT2D eigenvalue weighted by Gasteiger charge is 2.24. The van der Waals surface area contributed by atoms with Gasteiger partial charge in [0.1, 0.15) is 11.5 Å². The molecule has 0 bridgehead atoms. The number of nitrogens with zero attached hydrogens (tertiary/aromatic N) is 3. The minimum atomic E-state index is -0.511. The predicted octanol–water partition coefficient (Wildman–Crippen LogP) is 3.82. The van der Waals surface area contributed by atoms with Crippen molar-refractivity contribution in [3.05, 3.63) is 93.2 Å². The van der Waals surface area contributed by atoms with Crippen molar-refractivity contribution in [1.29, 1.82) is 0 Å². The molecular weight excluding hydrogens is 357 g/mol. The summed E-state index contributed by atoms with van der Waals surface area (Å²) >= 11 is 0. The van der Waals surface area contributed by atoms with Gasteiger partial charge in [-0.1, -0.05) is 42.0 Å². The fraction of sp³-hybridized carbons (Fsp3) is 0.227. The summed E-state index contributed by atoms with van der Waals surface area (Å²) in [5.41, 5.74) is 1.97. The van der Waals surface area contributed by atoms with E-state index < -0.39 is 17.2 Å². The van der Waals surface area contributed by atoms with Gasteiger partial charge in [0.2, 0.25) is 5.43 Å². The Bertz CT molecular complexity index is 1070. The fourth-order valence-electron chi connectivity index (χ4n) is 2.97. The van der Waals surface area contributed by atoms with E-state index in [1.165, 1.54) is 21.7 Å². The van der Waals surface area contributed by atoms with Crippen LogP contribution in [0.2, 0.25) is 0 Å². The summed E-state index contributed by atoms with van der Waals surface area (Å²) in [7, 11) is 1.63. The Labute approximate surface area is 163 Å². The van der Waals surface area contributed by atoms with E-state index in [1.807, 2.05) is 38.1 Å². The molecule has 6 heteroatoms. The van der Waals surface area contributed by atoms with Crippen molar-refractivity contribution in [2.75, 3.05) is 7.05 Å². The normalized spacial score (nSPS) is 11.9. The molecule has 3 rings (SSSR count). The van der Waals surface area contributed by atoms with Crippen LogP contribution >= 0.6 is 0 Å². The molecular formula is C22H22FN3O2. The third kappa shape index (κ3) is 3.71. The first-order chi connectivity index (χ1) is 13.3. The van der Waals surface area contributed by atoms with E-state index in [9.17, 15) is 14.0 Å². The topological polar surface area (TPSA) is 55.2 Å². The summed E-state index contributed by atoms with van der Waals surface area (Å²) in [6, 6.07) is 15.0. The van der Waals surface area contributed by atoms with Crippen LogP contribution in [-0.4, -0.2) is 27.6 Å². The quantitative estimate of drug-likeness (QED) is 0.692. The summed E-state index contributed by atoms with van der Waals surface area (Å²) in [5, 5.41) is 4.19. The van der Waals surface area contributed by atoms with Crippen LogP contribution < -0.4 is 5.43 Å². The lowest BCUT2D eigenvalue weighted by Gasteiger charge is -2.25. The first-order valence-corrected chi connectivity index (χ1v) is 8.99. The van der Waals surface area contributed by atoms with Crippen molar-refractivity contribution >= 4 is 5.91 Å². The number of aromatic nitrogens is 2. The molecule has 0 saturated heterocycles. The molecule has 0 radical (unpaired) electrons. The Morgan fingerprint density at radius 3 is 2.39 bits per heavy atom. The maximum atomic E-state index is 14.2. The van der Waals surface area contributed by atoms with Gasteiger partial charge >= 0.3 is 0 Å². The lowest BCUT2D eigenvalue weighted by atomic mass is 10.1. The average Bonchev–Trinajstić information content (AvgIpc) is 2.68. The maximum absolute atomic E-state index is 14.2. The molecule has 0 saturated carbocycles. The summed E-state index contributed by atoms with van der Waals surface area (Å²) in [4.78, 5) is 26.9. The Hall–Kier alpha value is -3.28. The molecule has 0 aliphatic heterocycles. The second-order valence-corrected chi connectivity index (χ2v) is 6.86. The molecule has 0 N–H and O–H groups in total. The molecule has 1 unspecified atom stereocenters. The maximum Gasteiger partial charge on any atom is 0.278 e. The van der Waals surface area contributed by atoms with Crippen LogP contribution in [-0.2, 0) is 0 Å². The van der Waals surface area contributed by atoms with Crippen molar-refractivity contribution in [2.45, 2.75) is 26.8 Å². The number of carbonyl (C=O) groups excluding carboxylic acids is 1.